The lowest BCUT2D eigenvalue weighted by molar-refractivity contribution is -0.145. The molecule has 0 fully saturated rings. The van der Waals surface area contributed by atoms with Gasteiger partial charge in [-0.2, -0.15) is 0 Å². The molecule has 0 saturated carbocycles. The number of aliphatic hydroxyl groups is 2. The number of rotatable bonds is 17. The number of aliphatic carboxylic acids is 1. The number of carbonyl (C=O) groups excluding carboxylic acids is 4. The first-order valence-corrected chi connectivity index (χ1v) is 12.6. The van der Waals surface area contributed by atoms with E-state index in [9.17, 15) is 39.3 Å². The number of hydrogen-bond acceptors (Lipinski definition) is 7. The van der Waals surface area contributed by atoms with Crippen LogP contribution in [0.5, 0.6) is 0 Å². The quantitative estimate of drug-likeness (QED) is 0.210. The predicted octanol–water partition coefficient (Wildman–Crippen LogP) is -0.317. The van der Waals surface area contributed by atoms with Crippen molar-refractivity contribution in [2.75, 3.05) is 45.9 Å². The fraction of sp³-hybridized carbons (Fsp3) is 0.577. The van der Waals surface area contributed by atoms with Crippen molar-refractivity contribution in [2.45, 2.75) is 46.2 Å². The van der Waals surface area contributed by atoms with Crippen molar-refractivity contribution < 1.29 is 39.3 Å². The maximum atomic E-state index is 13.0. The highest BCUT2D eigenvalue weighted by atomic mass is 16.4. The Hall–Kier alpha value is -3.51. The van der Waals surface area contributed by atoms with Crippen LogP contribution in [0.1, 0.15) is 39.2 Å². The standard InChI is InChI=1S/C26H40N4O8/c1-19(2)15-22(26(37)38)27-23(34)9-10-28(11-13-31)24(35)17-29(12-14-32)25(36)18-30(20(3)33)16-21-7-5-4-6-8-21/h4-8,19,22,31-32H,9-18H2,1-3H3,(H,27,34)(H,37,38)/t22-/m0/s1. The Labute approximate surface area is 223 Å². The second-order valence-corrected chi connectivity index (χ2v) is 9.34. The SMILES string of the molecule is CC(=O)N(CC(=O)N(CCO)CC(=O)N(CCO)CCC(=O)N[C@@H](CC(C)C)C(=O)O)Cc1ccccc1. The number of carboxylic acids is 1. The molecule has 12 nitrogen and oxygen atoms in total. The van der Waals surface area contributed by atoms with Gasteiger partial charge in [0, 0.05) is 39.5 Å². The van der Waals surface area contributed by atoms with Gasteiger partial charge in [0.25, 0.3) is 0 Å². The second kappa shape index (κ2) is 17.1. The molecule has 0 bridgehead atoms. The smallest absolute Gasteiger partial charge is 0.326 e. The van der Waals surface area contributed by atoms with E-state index >= 15 is 0 Å². The average molecular weight is 537 g/mol. The number of benzene rings is 1. The van der Waals surface area contributed by atoms with Gasteiger partial charge in [-0.25, -0.2) is 4.79 Å². The van der Waals surface area contributed by atoms with Gasteiger partial charge in [-0.1, -0.05) is 44.2 Å². The van der Waals surface area contributed by atoms with Crippen LogP contribution in [0, 0.1) is 5.92 Å². The Bertz CT molecular complexity index is 925. The zero-order chi connectivity index (χ0) is 28.7. The zero-order valence-electron chi connectivity index (χ0n) is 22.3. The molecular formula is C26H40N4O8. The van der Waals surface area contributed by atoms with Gasteiger partial charge in [-0.15, -0.1) is 0 Å². The Kier molecular flexibility index (Phi) is 14.6. The topological polar surface area (TPSA) is 168 Å². The van der Waals surface area contributed by atoms with Crippen LogP contribution < -0.4 is 5.32 Å². The molecule has 0 aliphatic carbocycles. The van der Waals surface area contributed by atoms with Gasteiger partial charge in [0.15, 0.2) is 0 Å². The first-order valence-electron chi connectivity index (χ1n) is 12.6. The summed E-state index contributed by atoms with van der Waals surface area (Å²) in [5.74, 6) is -3.11. The van der Waals surface area contributed by atoms with Crippen LogP contribution in [-0.2, 0) is 30.5 Å². The van der Waals surface area contributed by atoms with Crippen LogP contribution in [0.3, 0.4) is 0 Å². The highest BCUT2D eigenvalue weighted by Crippen LogP contribution is 2.08. The number of carbonyl (C=O) groups is 5. The largest absolute Gasteiger partial charge is 0.480 e. The predicted molar refractivity (Wildman–Crippen MR) is 139 cm³/mol. The molecule has 0 heterocycles. The van der Waals surface area contributed by atoms with E-state index in [0.29, 0.717) is 0 Å². The summed E-state index contributed by atoms with van der Waals surface area (Å²) < 4.78 is 0. The molecule has 4 amide bonds. The summed E-state index contributed by atoms with van der Waals surface area (Å²) in [6.45, 7) is 3.32. The van der Waals surface area contributed by atoms with Crippen molar-refractivity contribution in [1.29, 1.82) is 0 Å². The number of aliphatic hydroxyl groups excluding tert-OH is 2. The van der Waals surface area contributed by atoms with E-state index in [4.69, 9.17) is 0 Å². The monoisotopic (exact) mass is 536 g/mol. The highest BCUT2D eigenvalue weighted by Gasteiger charge is 2.25. The van der Waals surface area contributed by atoms with Crippen LogP contribution in [-0.4, -0.2) is 112 Å². The summed E-state index contributed by atoms with van der Waals surface area (Å²) in [5, 5.41) is 30.6. The van der Waals surface area contributed by atoms with Gasteiger partial charge >= 0.3 is 5.97 Å². The number of carboxylic acid groups (broad SMARTS) is 1. The Balaban J connectivity index is 2.81. The molecule has 38 heavy (non-hydrogen) atoms. The molecule has 1 rings (SSSR count). The lowest BCUT2D eigenvalue weighted by atomic mass is 10.0. The summed E-state index contributed by atoms with van der Waals surface area (Å²) in [5.41, 5.74) is 0.825. The van der Waals surface area contributed by atoms with E-state index in [2.05, 4.69) is 5.32 Å². The van der Waals surface area contributed by atoms with Gasteiger partial charge in [0.1, 0.15) is 12.6 Å². The molecule has 0 saturated heterocycles. The average Bonchev–Trinajstić information content (AvgIpc) is 2.85. The lowest BCUT2D eigenvalue weighted by Gasteiger charge is -2.29. The number of nitrogens with zero attached hydrogens (tertiary/aromatic N) is 3. The van der Waals surface area contributed by atoms with Crippen molar-refractivity contribution in [1.82, 2.24) is 20.0 Å². The third kappa shape index (κ3) is 12.2. The maximum absolute atomic E-state index is 13.0. The van der Waals surface area contributed by atoms with Gasteiger partial charge < -0.3 is 35.3 Å². The fourth-order valence-corrected chi connectivity index (χ4v) is 3.70. The van der Waals surface area contributed by atoms with Crippen LogP contribution in [0.4, 0.5) is 0 Å². The molecule has 0 radical (unpaired) electrons. The molecule has 0 spiro atoms. The van der Waals surface area contributed by atoms with E-state index in [-0.39, 0.29) is 64.0 Å². The first-order chi connectivity index (χ1) is 18.0. The molecule has 0 unspecified atom stereocenters. The third-order valence-electron chi connectivity index (χ3n) is 5.71. The summed E-state index contributed by atoms with van der Waals surface area (Å²) in [4.78, 5) is 65.4. The lowest BCUT2D eigenvalue weighted by Crippen LogP contribution is -2.49. The minimum atomic E-state index is -1.15. The third-order valence-corrected chi connectivity index (χ3v) is 5.71. The van der Waals surface area contributed by atoms with Gasteiger partial charge in [0.2, 0.25) is 23.6 Å². The molecule has 1 atom stereocenters. The normalized spacial score (nSPS) is 11.5. The first kappa shape index (κ1) is 32.5. The molecule has 0 aliphatic heterocycles. The molecule has 4 N–H and O–H groups in total. The van der Waals surface area contributed by atoms with Gasteiger partial charge in [0.05, 0.1) is 19.8 Å². The van der Waals surface area contributed by atoms with Crippen LogP contribution in [0.25, 0.3) is 0 Å². The molecule has 12 heteroatoms. The van der Waals surface area contributed by atoms with Crippen LogP contribution in [0.15, 0.2) is 30.3 Å². The Morgan fingerprint density at radius 1 is 0.842 bits per heavy atom. The summed E-state index contributed by atoms with van der Waals surface area (Å²) in [6, 6.07) is 8.05. The van der Waals surface area contributed by atoms with E-state index in [1.807, 2.05) is 44.2 Å². The van der Waals surface area contributed by atoms with Gasteiger partial charge in [-0.05, 0) is 17.9 Å². The highest BCUT2D eigenvalue weighted by molar-refractivity contribution is 5.88. The molecule has 212 valence electrons. The number of amides is 4. The Morgan fingerprint density at radius 2 is 1.39 bits per heavy atom. The fourth-order valence-electron chi connectivity index (χ4n) is 3.70. The summed E-state index contributed by atoms with van der Waals surface area (Å²) >= 11 is 0. The van der Waals surface area contributed by atoms with Gasteiger partial charge in [-0.3, -0.25) is 19.2 Å². The minimum absolute atomic E-state index is 0.0468. The van der Waals surface area contributed by atoms with Crippen LogP contribution >= 0.6 is 0 Å². The molecule has 1 aromatic rings. The molecule has 0 aromatic heterocycles. The molecule has 1 aromatic carbocycles. The number of nitrogens with one attached hydrogen (secondary N) is 1. The minimum Gasteiger partial charge on any atom is -0.480 e. The second-order valence-electron chi connectivity index (χ2n) is 9.34. The van der Waals surface area contributed by atoms with E-state index < -0.39 is 42.9 Å². The van der Waals surface area contributed by atoms with Crippen molar-refractivity contribution in [3.05, 3.63) is 35.9 Å². The van der Waals surface area contributed by atoms with E-state index in [1.165, 1.54) is 16.7 Å². The summed E-state index contributed by atoms with van der Waals surface area (Å²) in [6.07, 6.45) is 0.0525. The van der Waals surface area contributed by atoms with Crippen molar-refractivity contribution >= 4 is 29.6 Å². The van der Waals surface area contributed by atoms with Crippen LogP contribution in [0.2, 0.25) is 0 Å². The Morgan fingerprint density at radius 3 is 1.92 bits per heavy atom. The van der Waals surface area contributed by atoms with E-state index in [1.54, 1.807) is 0 Å². The maximum Gasteiger partial charge on any atom is 0.326 e. The molecule has 0 aliphatic rings. The zero-order valence-corrected chi connectivity index (χ0v) is 22.3. The van der Waals surface area contributed by atoms with Crippen molar-refractivity contribution in [3.63, 3.8) is 0 Å². The van der Waals surface area contributed by atoms with E-state index in [0.717, 1.165) is 10.5 Å². The summed E-state index contributed by atoms with van der Waals surface area (Å²) in [7, 11) is 0. The van der Waals surface area contributed by atoms with Crippen molar-refractivity contribution in [2.24, 2.45) is 5.92 Å². The van der Waals surface area contributed by atoms with Crippen molar-refractivity contribution in [3.8, 4) is 0 Å². The molecular weight excluding hydrogens is 496 g/mol. The number of hydrogen-bond donors (Lipinski definition) is 4.